The van der Waals surface area contributed by atoms with E-state index in [-0.39, 0.29) is 11.9 Å². The van der Waals surface area contributed by atoms with E-state index < -0.39 is 0 Å². The molecule has 1 heterocycles. The van der Waals surface area contributed by atoms with Crippen LogP contribution in [0, 0.1) is 5.82 Å². The number of rotatable bonds is 3. The van der Waals surface area contributed by atoms with Crippen LogP contribution in [-0.4, -0.2) is 7.05 Å². The second-order valence-electron chi connectivity index (χ2n) is 3.56. The average Bonchev–Trinajstić information content (AvgIpc) is 2.71. The van der Waals surface area contributed by atoms with Crippen molar-refractivity contribution < 1.29 is 4.39 Å². The summed E-state index contributed by atoms with van der Waals surface area (Å²) in [5.74, 6) is -0.203. The molecule has 0 spiro atoms. The minimum Gasteiger partial charge on any atom is -0.309 e. The minimum absolute atomic E-state index is 0.145. The molecule has 5 heteroatoms. The fraction of sp³-hybridized carbons (Fsp3) is 0.167. The first kappa shape index (κ1) is 13.2. The van der Waals surface area contributed by atoms with Crippen molar-refractivity contribution in [3.05, 3.63) is 54.8 Å². The van der Waals surface area contributed by atoms with Gasteiger partial charge in [-0.15, -0.1) is 0 Å². The van der Waals surface area contributed by atoms with E-state index in [1.165, 1.54) is 6.07 Å². The molecule has 1 nitrogen and oxygen atoms in total. The molecule has 0 aliphatic rings. The Hall–Kier alpha value is -0.230. The van der Waals surface area contributed by atoms with Crippen LogP contribution in [0.2, 0.25) is 0 Å². The normalized spacial score (nSPS) is 12.7. The Balaban J connectivity index is 2.49. The highest BCUT2D eigenvalue weighted by molar-refractivity contribution is 9.10. The van der Waals surface area contributed by atoms with Crippen LogP contribution in [0.25, 0.3) is 0 Å². The second kappa shape index (κ2) is 5.61. The van der Waals surface area contributed by atoms with Crippen molar-refractivity contribution in [3.63, 3.8) is 0 Å². The third kappa shape index (κ3) is 2.78. The van der Waals surface area contributed by atoms with Crippen molar-refractivity contribution in [2.24, 2.45) is 0 Å². The smallest absolute Gasteiger partial charge is 0.128 e. The third-order valence-electron chi connectivity index (χ3n) is 2.51. The first-order valence-corrected chi connectivity index (χ1v) is 7.50. The predicted molar refractivity (Wildman–Crippen MR) is 77.0 cm³/mol. The Kier molecular flexibility index (Phi) is 4.36. The van der Waals surface area contributed by atoms with Gasteiger partial charge in [0.05, 0.1) is 6.04 Å². The molecule has 1 N–H and O–H groups in total. The van der Waals surface area contributed by atoms with Gasteiger partial charge in [0, 0.05) is 19.9 Å². The van der Waals surface area contributed by atoms with Gasteiger partial charge in [-0.2, -0.15) is 11.3 Å². The van der Waals surface area contributed by atoms with Gasteiger partial charge in [0.1, 0.15) is 5.82 Å². The van der Waals surface area contributed by atoms with Gasteiger partial charge in [-0.3, -0.25) is 0 Å². The van der Waals surface area contributed by atoms with Crippen LogP contribution < -0.4 is 5.32 Å². The maximum absolute atomic E-state index is 13.9. The first-order chi connectivity index (χ1) is 8.13. The van der Waals surface area contributed by atoms with Crippen molar-refractivity contribution in [3.8, 4) is 0 Å². The lowest BCUT2D eigenvalue weighted by molar-refractivity contribution is 0.575. The summed E-state index contributed by atoms with van der Waals surface area (Å²) in [6.07, 6.45) is 0. The SMILES string of the molecule is CNC(c1cc(Br)ccc1F)c1cscc1Br. The molecule has 1 aromatic heterocycles. The summed E-state index contributed by atoms with van der Waals surface area (Å²) in [7, 11) is 1.83. The largest absolute Gasteiger partial charge is 0.309 e. The van der Waals surface area contributed by atoms with Crippen LogP contribution in [-0.2, 0) is 0 Å². The molecule has 0 bridgehead atoms. The van der Waals surface area contributed by atoms with Crippen molar-refractivity contribution in [1.82, 2.24) is 5.32 Å². The molecule has 0 aliphatic carbocycles. The summed E-state index contributed by atoms with van der Waals surface area (Å²) in [6, 6.07) is 4.84. The highest BCUT2D eigenvalue weighted by Crippen LogP contribution is 2.33. The number of benzene rings is 1. The predicted octanol–water partition coefficient (Wildman–Crippen LogP) is 4.72. The van der Waals surface area contributed by atoms with Gasteiger partial charge in [-0.25, -0.2) is 4.39 Å². The average molecular weight is 379 g/mol. The van der Waals surface area contributed by atoms with Crippen molar-refractivity contribution >= 4 is 43.2 Å². The summed E-state index contributed by atoms with van der Waals surface area (Å²) in [6.45, 7) is 0. The van der Waals surface area contributed by atoms with Crippen molar-refractivity contribution in [1.29, 1.82) is 0 Å². The Morgan fingerprint density at radius 3 is 2.59 bits per heavy atom. The van der Waals surface area contributed by atoms with Crippen LogP contribution in [0.15, 0.2) is 37.9 Å². The second-order valence-corrected chi connectivity index (χ2v) is 6.08. The molecule has 0 fully saturated rings. The lowest BCUT2D eigenvalue weighted by atomic mass is 10.0. The third-order valence-corrected chi connectivity index (χ3v) is 4.76. The Bertz CT molecular complexity index is 527. The van der Waals surface area contributed by atoms with Gasteiger partial charge < -0.3 is 5.32 Å². The van der Waals surface area contributed by atoms with Gasteiger partial charge >= 0.3 is 0 Å². The van der Waals surface area contributed by atoms with Crippen molar-refractivity contribution in [2.45, 2.75) is 6.04 Å². The van der Waals surface area contributed by atoms with Gasteiger partial charge in [-0.05, 0) is 52.1 Å². The Morgan fingerprint density at radius 2 is 2.00 bits per heavy atom. The van der Waals surface area contributed by atoms with Gasteiger partial charge in [0.15, 0.2) is 0 Å². The van der Waals surface area contributed by atoms with Crippen LogP contribution in [0.3, 0.4) is 0 Å². The molecule has 1 atom stereocenters. The molecule has 1 aromatic carbocycles. The number of hydrogen-bond acceptors (Lipinski definition) is 2. The maximum Gasteiger partial charge on any atom is 0.128 e. The summed E-state index contributed by atoms with van der Waals surface area (Å²) >= 11 is 8.45. The summed E-state index contributed by atoms with van der Waals surface area (Å²) < 4.78 is 15.7. The lowest BCUT2D eigenvalue weighted by Gasteiger charge is -2.17. The summed E-state index contributed by atoms with van der Waals surface area (Å²) in [5, 5.41) is 7.16. The van der Waals surface area contributed by atoms with Gasteiger partial charge in [0.2, 0.25) is 0 Å². The standard InChI is InChI=1S/C12H10Br2FNS/c1-16-12(9-5-17-6-10(9)14)8-4-7(13)2-3-11(8)15/h2-6,12,16H,1H3. The first-order valence-electron chi connectivity index (χ1n) is 4.97. The van der Waals surface area contributed by atoms with E-state index in [1.54, 1.807) is 23.5 Å². The molecule has 1 unspecified atom stereocenters. The highest BCUT2D eigenvalue weighted by Gasteiger charge is 2.19. The lowest BCUT2D eigenvalue weighted by Crippen LogP contribution is -2.18. The van der Waals surface area contributed by atoms with Crippen LogP contribution in [0.4, 0.5) is 4.39 Å². The number of thiophene rings is 1. The topological polar surface area (TPSA) is 12.0 Å². The van der Waals surface area contributed by atoms with Gasteiger partial charge in [-0.1, -0.05) is 15.9 Å². The van der Waals surface area contributed by atoms with E-state index in [9.17, 15) is 4.39 Å². The molecule has 17 heavy (non-hydrogen) atoms. The molecular formula is C12H10Br2FNS. The minimum atomic E-state index is -0.203. The van der Waals surface area contributed by atoms with Crippen LogP contribution >= 0.6 is 43.2 Å². The Labute approximate surface area is 120 Å². The molecular weight excluding hydrogens is 369 g/mol. The zero-order valence-corrected chi connectivity index (χ0v) is 13.0. The number of nitrogens with one attached hydrogen (secondary N) is 1. The van der Waals surface area contributed by atoms with Crippen LogP contribution in [0.5, 0.6) is 0 Å². The summed E-state index contributed by atoms with van der Waals surface area (Å²) in [4.78, 5) is 0. The number of hydrogen-bond donors (Lipinski definition) is 1. The van der Waals surface area contributed by atoms with E-state index in [0.29, 0.717) is 5.56 Å². The van der Waals surface area contributed by atoms with Crippen LogP contribution in [0.1, 0.15) is 17.2 Å². The molecule has 90 valence electrons. The molecule has 2 aromatic rings. The van der Waals surface area contributed by atoms with E-state index in [0.717, 1.165) is 14.5 Å². The molecule has 2 rings (SSSR count). The fourth-order valence-corrected chi connectivity index (χ4v) is 3.64. The monoisotopic (exact) mass is 377 g/mol. The highest BCUT2D eigenvalue weighted by atomic mass is 79.9. The zero-order chi connectivity index (χ0) is 12.4. The Morgan fingerprint density at radius 1 is 1.24 bits per heavy atom. The molecule has 0 aliphatic heterocycles. The van der Waals surface area contributed by atoms with Crippen molar-refractivity contribution in [2.75, 3.05) is 7.05 Å². The zero-order valence-electron chi connectivity index (χ0n) is 9.01. The quantitative estimate of drug-likeness (QED) is 0.814. The summed E-state index contributed by atoms with van der Waals surface area (Å²) in [5.41, 5.74) is 1.69. The molecule has 0 amide bonds. The van der Waals surface area contributed by atoms with E-state index in [2.05, 4.69) is 37.2 Å². The van der Waals surface area contributed by atoms with Gasteiger partial charge in [0.25, 0.3) is 0 Å². The van der Waals surface area contributed by atoms with E-state index >= 15 is 0 Å². The maximum atomic E-state index is 13.9. The molecule has 0 saturated carbocycles. The fourth-order valence-electron chi connectivity index (χ4n) is 1.71. The number of halogens is 3. The van der Waals surface area contributed by atoms with E-state index in [1.807, 2.05) is 17.8 Å². The molecule has 0 radical (unpaired) electrons. The van der Waals surface area contributed by atoms with E-state index in [4.69, 9.17) is 0 Å². The molecule has 0 saturated heterocycles.